The van der Waals surface area contributed by atoms with Gasteiger partial charge in [-0.25, -0.2) is 0 Å². The van der Waals surface area contributed by atoms with Crippen LogP contribution in [0, 0.1) is 5.92 Å². The summed E-state index contributed by atoms with van der Waals surface area (Å²) in [6, 6.07) is 5.51. The monoisotopic (exact) mass is 273 g/mol. The second kappa shape index (κ2) is 4.80. The number of nitrogens with zero attached hydrogens (tertiary/aromatic N) is 3. The van der Waals surface area contributed by atoms with Gasteiger partial charge in [0.25, 0.3) is 0 Å². The molecule has 4 nitrogen and oxygen atoms in total. The molecule has 0 aliphatic carbocycles. The summed E-state index contributed by atoms with van der Waals surface area (Å²) < 4.78 is 2.26. The van der Waals surface area contributed by atoms with Gasteiger partial charge in [0.1, 0.15) is 13.4 Å². The van der Waals surface area contributed by atoms with Gasteiger partial charge in [-0.15, -0.1) is 9.94 Å². The third-order valence-electron chi connectivity index (χ3n) is 4.00. The molecule has 2 aromatic rings. The predicted octanol–water partition coefficient (Wildman–Crippen LogP) is 1.28. The van der Waals surface area contributed by atoms with Gasteiger partial charge in [-0.1, -0.05) is 33.9 Å². The highest BCUT2D eigenvalue weighted by Gasteiger charge is 2.29. The summed E-state index contributed by atoms with van der Waals surface area (Å²) in [6.07, 6.45) is 1.05. The molecule has 1 aliphatic heterocycles. The molecule has 19 heavy (non-hydrogen) atoms. The Kier molecular flexibility index (Phi) is 3.28. The standard InChI is InChI=1S/C13H17BN3OP/c1-8-7-16(19)5-4-10(8)13-11-6-9(14)2-3-12(11)17(18)15-13/h2-3,6,8,10,18H,4-5,7,19H2,1H3. The maximum atomic E-state index is 9.90. The normalized spacial score (nSPS) is 24.9. The molecule has 1 N–H and O–H groups in total. The lowest BCUT2D eigenvalue weighted by molar-refractivity contribution is 0.156. The molecule has 3 rings (SSSR count). The highest BCUT2D eigenvalue weighted by atomic mass is 31.0. The van der Waals surface area contributed by atoms with E-state index >= 15 is 0 Å². The molecule has 1 fully saturated rings. The van der Waals surface area contributed by atoms with E-state index in [0.717, 1.165) is 41.0 Å². The summed E-state index contributed by atoms with van der Waals surface area (Å²) >= 11 is 0. The van der Waals surface area contributed by atoms with Crippen molar-refractivity contribution in [2.45, 2.75) is 19.3 Å². The fourth-order valence-corrected chi connectivity index (χ4v) is 3.48. The topological polar surface area (TPSA) is 41.3 Å². The van der Waals surface area contributed by atoms with E-state index in [1.807, 2.05) is 12.1 Å². The molecule has 0 bridgehead atoms. The Bertz CT molecular complexity index is 615. The summed E-state index contributed by atoms with van der Waals surface area (Å²) in [4.78, 5) is 0.976. The van der Waals surface area contributed by atoms with E-state index in [1.54, 1.807) is 6.07 Å². The zero-order chi connectivity index (χ0) is 13.6. The van der Waals surface area contributed by atoms with Gasteiger partial charge < -0.3 is 5.21 Å². The fourth-order valence-electron chi connectivity index (χ4n) is 3.00. The highest BCUT2D eigenvalue weighted by Crippen LogP contribution is 2.36. The summed E-state index contributed by atoms with van der Waals surface area (Å²) in [6.45, 7) is 4.29. The molecule has 2 radical (unpaired) electrons. The van der Waals surface area contributed by atoms with Gasteiger partial charge in [-0.05, 0) is 18.4 Å². The Morgan fingerprint density at radius 3 is 3.00 bits per heavy atom. The number of fused-ring (bicyclic) bond motifs is 1. The van der Waals surface area contributed by atoms with Crippen LogP contribution in [0.25, 0.3) is 10.9 Å². The van der Waals surface area contributed by atoms with Crippen LogP contribution in [0.1, 0.15) is 25.0 Å². The second-order valence-electron chi connectivity index (χ2n) is 5.42. The Morgan fingerprint density at radius 1 is 1.47 bits per heavy atom. The lowest BCUT2D eigenvalue weighted by atomic mass is 9.83. The van der Waals surface area contributed by atoms with Gasteiger partial charge in [-0.2, -0.15) is 0 Å². The largest absolute Gasteiger partial charge is 0.411 e. The minimum atomic E-state index is 0.370. The minimum absolute atomic E-state index is 0.370. The van der Waals surface area contributed by atoms with E-state index in [2.05, 4.69) is 26.1 Å². The molecule has 1 aliphatic rings. The maximum absolute atomic E-state index is 9.90. The van der Waals surface area contributed by atoms with E-state index in [4.69, 9.17) is 7.85 Å². The van der Waals surface area contributed by atoms with E-state index in [1.165, 1.54) is 0 Å². The smallest absolute Gasteiger partial charge is 0.113 e. The Labute approximate surface area is 116 Å². The van der Waals surface area contributed by atoms with Crippen molar-refractivity contribution < 1.29 is 5.21 Å². The highest BCUT2D eigenvalue weighted by molar-refractivity contribution is 7.13. The molecule has 3 unspecified atom stereocenters. The lowest BCUT2D eigenvalue weighted by Crippen LogP contribution is -2.32. The summed E-state index contributed by atoms with van der Waals surface area (Å²) in [5, 5.41) is 15.2. The van der Waals surface area contributed by atoms with Gasteiger partial charge in [0.15, 0.2) is 0 Å². The van der Waals surface area contributed by atoms with Crippen molar-refractivity contribution in [1.29, 1.82) is 0 Å². The van der Waals surface area contributed by atoms with Crippen molar-refractivity contribution >= 4 is 33.6 Å². The first kappa shape index (κ1) is 13.0. The molecule has 0 spiro atoms. The summed E-state index contributed by atoms with van der Waals surface area (Å²) in [5.74, 6) is 0.875. The molecule has 6 heteroatoms. The number of rotatable bonds is 1. The van der Waals surface area contributed by atoms with Crippen LogP contribution in [-0.2, 0) is 0 Å². The molecular weight excluding hydrogens is 256 g/mol. The molecule has 1 aromatic carbocycles. The third-order valence-corrected chi connectivity index (χ3v) is 4.47. The first-order valence-corrected chi connectivity index (χ1v) is 7.05. The van der Waals surface area contributed by atoms with Crippen molar-refractivity contribution in [1.82, 2.24) is 14.6 Å². The molecule has 0 amide bonds. The SMILES string of the molecule is [B]c1ccc2c(c1)c(C1CCN(P)CC1C)nn2O. The number of aromatic nitrogens is 2. The Hall–Kier alpha value is -1.06. The first-order valence-electron chi connectivity index (χ1n) is 6.53. The average molecular weight is 273 g/mol. The van der Waals surface area contributed by atoms with Crippen LogP contribution in [-0.4, -0.2) is 40.8 Å². The summed E-state index contributed by atoms with van der Waals surface area (Å²) in [5.41, 5.74) is 2.40. The van der Waals surface area contributed by atoms with Crippen molar-refractivity contribution in [2.24, 2.45) is 5.92 Å². The van der Waals surface area contributed by atoms with Gasteiger partial charge in [0.2, 0.25) is 0 Å². The van der Waals surface area contributed by atoms with Crippen molar-refractivity contribution in [2.75, 3.05) is 13.1 Å². The molecule has 98 valence electrons. The molecule has 2 heterocycles. The Morgan fingerprint density at radius 2 is 2.26 bits per heavy atom. The van der Waals surface area contributed by atoms with Gasteiger partial charge in [0.05, 0.1) is 5.69 Å². The van der Waals surface area contributed by atoms with Crippen LogP contribution in [0.15, 0.2) is 18.2 Å². The van der Waals surface area contributed by atoms with Gasteiger partial charge in [0, 0.05) is 24.4 Å². The van der Waals surface area contributed by atoms with Crippen LogP contribution < -0.4 is 5.46 Å². The minimum Gasteiger partial charge on any atom is -0.411 e. The second-order valence-corrected chi connectivity index (χ2v) is 6.15. The van der Waals surface area contributed by atoms with Crippen LogP contribution in [0.5, 0.6) is 0 Å². The zero-order valence-corrected chi connectivity index (χ0v) is 12.1. The van der Waals surface area contributed by atoms with Crippen LogP contribution >= 0.6 is 9.39 Å². The fraction of sp³-hybridized carbons (Fsp3) is 0.462. The van der Waals surface area contributed by atoms with Crippen molar-refractivity contribution in [3.05, 3.63) is 23.9 Å². The van der Waals surface area contributed by atoms with E-state index < -0.39 is 0 Å². The van der Waals surface area contributed by atoms with Crippen LogP contribution in [0.2, 0.25) is 0 Å². The molecule has 1 saturated heterocycles. The summed E-state index contributed by atoms with van der Waals surface area (Å²) in [7, 11) is 8.62. The zero-order valence-electron chi connectivity index (χ0n) is 11.0. The number of benzene rings is 1. The molecule has 0 saturated carbocycles. The van der Waals surface area contributed by atoms with Gasteiger partial charge in [-0.3, -0.25) is 4.67 Å². The van der Waals surface area contributed by atoms with Crippen LogP contribution in [0.3, 0.4) is 0 Å². The molecule has 3 atom stereocenters. The van der Waals surface area contributed by atoms with E-state index in [-0.39, 0.29) is 0 Å². The molecular formula is C13H17BN3OP. The lowest BCUT2D eigenvalue weighted by Gasteiger charge is -2.33. The first-order chi connectivity index (χ1) is 9.06. The Balaban J connectivity index is 2.07. The molecule has 1 aromatic heterocycles. The van der Waals surface area contributed by atoms with Gasteiger partial charge >= 0.3 is 0 Å². The van der Waals surface area contributed by atoms with E-state index in [9.17, 15) is 5.21 Å². The van der Waals surface area contributed by atoms with Crippen LogP contribution in [0.4, 0.5) is 0 Å². The number of hydrogen-bond acceptors (Lipinski definition) is 3. The third kappa shape index (κ3) is 2.26. The maximum Gasteiger partial charge on any atom is 0.113 e. The predicted molar refractivity (Wildman–Crippen MR) is 80.1 cm³/mol. The number of hydrogen-bond donors (Lipinski definition) is 1. The van der Waals surface area contributed by atoms with Crippen molar-refractivity contribution in [3.8, 4) is 0 Å². The van der Waals surface area contributed by atoms with Crippen molar-refractivity contribution in [3.63, 3.8) is 0 Å². The number of piperidine rings is 1. The average Bonchev–Trinajstić information content (AvgIpc) is 2.66. The quantitative estimate of drug-likeness (QED) is 0.483. The van der Waals surface area contributed by atoms with E-state index in [0.29, 0.717) is 17.3 Å².